The average Bonchev–Trinajstić information content (AvgIpc) is 2.62. The molecule has 5 heteroatoms. The van der Waals surface area contributed by atoms with Gasteiger partial charge in [0.2, 0.25) is 0 Å². The van der Waals surface area contributed by atoms with Crippen LogP contribution in [0.2, 0.25) is 0 Å². The Kier molecular flexibility index (Phi) is 4.95. The van der Waals surface area contributed by atoms with Crippen molar-refractivity contribution in [3.05, 3.63) is 65.2 Å². The number of carbonyl (C=O) groups is 1. The lowest BCUT2D eigenvalue weighted by Crippen LogP contribution is -2.31. The van der Waals surface area contributed by atoms with Crippen LogP contribution in [0.5, 0.6) is 0 Å². The maximum Gasteiger partial charge on any atom is 0.251 e. The van der Waals surface area contributed by atoms with E-state index in [0.29, 0.717) is 5.56 Å². The Morgan fingerprint density at radius 3 is 2.44 bits per heavy atom. The van der Waals surface area contributed by atoms with Crippen LogP contribution < -0.4 is 5.32 Å². The Morgan fingerprint density at radius 1 is 1.08 bits per heavy atom. The minimum atomic E-state index is -3.32. The van der Waals surface area contributed by atoms with Gasteiger partial charge in [0.1, 0.15) is 0 Å². The number of aryl methyl sites for hydroxylation is 1. The molecular formula is C20H23NO3S. The van der Waals surface area contributed by atoms with Crippen LogP contribution >= 0.6 is 0 Å². The molecular weight excluding hydrogens is 334 g/mol. The van der Waals surface area contributed by atoms with Gasteiger partial charge in [-0.2, -0.15) is 0 Å². The van der Waals surface area contributed by atoms with Crippen molar-refractivity contribution in [3.63, 3.8) is 0 Å². The normalized spacial score (nSPS) is 17.2. The molecule has 0 heterocycles. The topological polar surface area (TPSA) is 63.2 Å². The van der Waals surface area contributed by atoms with Crippen molar-refractivity contribution in [2.24, 2.45) is 0 Å². The number of carbonyl (C=O) groups excluding carboxylic acids is 1. The zero-order chi connectivity index (χ0) is 18.0. The molecule has 132 valence electrons. The van der Waals surface area contributed by atoms with E-state index in [1.165, 1.54) is 23.3 Å². The number of hydrogen-bond acceptors (Lipinski definition) is 3. The second-order valence-corrected chi connectivity index (χ2v) is 9.24. The van der Waals surface area contributed by atoms with Gasteiger partial charge in [0.15, 0.2) is 9.84 Å². The monoisotopic (exact) mass is 357 g/mol. The molecule has 3 rings (SSSR count). The minimum Gasteiger partial charge on any atom is -0.345 e. The average molecular weight is 357 g/mol. The number of sulfone groups is 1. The largest absolute Gasteiger partial charge is 0.345 e. The van der Waals surface area contributed by atoms with Crippen LogP contribution in [0.15, 0.2) is 53.4 Å². The van der Waals surface area contributed by atoms with Gasteiger partial charge in [-0.05, 0) is 68.5 Å². The molecule has 2 aromatic rings. The van der Waals surface area contributed by atoms with E-state index in [1.807, 2.05) is 12.1 Å². The number of amides is 1. The van der Waals surface area contributed by atoms with Crippen LogP contribution in [-0.2, 0) is 16.3 Å². The van der Waals surface area contributed by atoms with Crippen molar-refractivity contribution in [2.75, 3.05) is 0 Å². The van der Waals surface area contributed by atoms with Crippen LogP contribution in [0.25, 0.3) is 0 Å². The van der Waals surface area contributed by atoms with E-state index < -0.39 is 15.1 Å². The van der Waals surface area contributed by atoms with Crippen LogP contribution in [-0.4, -0.2) is 19.6 Å². The molecule has 0 spiro atoms. The lowest BCUT2D eigenvalue weighted by atomic mass is 9.87. The van der Waals surface area contributed by atoms with Gasteiger partial charge in [0, 0.05) is 5.56 Å². The van der Waals surface area contributed by atoms with Crippen molar-refractivity contribution in [2.45, 2.75) is 49.3 Å². The van der Waals surface area contributed by atoms with Gasteiger partial charge in [0.25, 0.3) is 5.91 Å². The third-order valence-electron chi connectivity index (χ3n) is 4.74. The van der Waals surface area contributed by atoms with E-state index >= 15 is 0 Å². The predicted octanol–water partition coefficient (Wildman–Crippen LogP) is 3.68. The van der Waals surface area contributed by atoms with E-state index in [0.717, 1.165) is 19.3 Å². The lowest BCUT2D eigenvalue weighted by Gasteiger charge is -2.26. The van der Waals surface area contributed by atoms with Gasteiger partial charge in [-0.15, -0.1) is 0 Å². The Labute approximate surface area is 149 Å². The standard InChI is InChI=1S/C20H23NO3S/c1-14(2)25(23,24)17-12-10-16(11-13-17)20(22)21-19-9-5-7-15-6-3-4-8-18(15)19/h3-4,6,8,10-14,19H,5,7,9H2,1-2H3,(H,21,22)/t19-/m0/s1. The smallest absolute Gasteiger partial charge is 0.251 e. The fourth-order valence-corrected chi connectivity index (χ4v) is 4.27. The molecule has 1 atom stereocenters. The highest BCUT2D eigenvalue weighted by Crippen LogP contribution is 2.29. The molecule has 0 unspecified atom stereocenters. The second-order valence-electron chi connectivity index (χ2n) is 6.74. The van der Waals surface area contributed by atoms with E-state index in [2.05, 4.69) is 17.4 Å². The summed E-state index contributed by atoms with van der Waals surface area (Å²) < 4.78 is 24.3. The summed E-state index contributed by atoms with van der Waals surface area (Å²) in [5.74, 6) is -0.171. The van der Waals surface area contributed by atoms with Gasteiger partial charge < -0.3 is 5.32 Å². The fourth-order valence-electron chi connectivity index (χ4n) is 3.21. The Balaban J connectivity index is 1.77. The number of nitrogens with one attached hydrogen (secondary N) is 1. The first-order valence-electron chi connectivity index (χ1n) is 8.62. The molecule has 0 aliphatic heterocycles. The lowest BCUT2D eigenvalue weighted by molar-refractivity contribution is 0.0932. The number of hydrogen-bond donors (Lipinski definition) is 1. The summed E-state index contributed by atoms with van der Waals surface area (Å²) in [6, 6.07) is 14.4. The van der Waals surface area contributed by atoms with Gasteiger partial charge in [-0.1, -0.05) is 24.3 Å². The fraction of sp³-hybridized carbons (Fsp3) is 0.350. The van der Waals surface area contributed by atoms with E-state index in [1.54, 1.807) is 26.0 Å². The molecule has 25 heavy (non-hydrogen) atoms. The molecule has 0 bridgehead atoms. The molecule has 0 saturated heterocycles. The Hall–Kier alpha value is -2.14. The van der Waals surface area contributed by atoms with Crippen LogP contribution in [0.4, 0.5) is 0 Å². The van der Waals surface area contributed by atoms with Crippen LogP contribution in [0.3, 0.4) is 0 Å². The van der Waals surface area contributed by atoms with E-state index in [9.17, 15) is 13.2 Å². The Morgan fingerprint density at radius 2 is 1.76 bits per heavy atom. The first kappa shape index (κ1) is 17.7. The number of rotatable bonds is 4. The summed E-state index contributed by atoms with van der Waals surface area (Å²) in [6.45, 7) is 3.30. The van der Waals surface area contributed by atoms with Crippen molar-refractivity contribution in [1.82, 2.24) is 5.32 Å². The van der Waals surface area contributed by atoms with Crippen molar-refractivity contribution in [1.29, 1.82) is 0 Å². The SMILES string of the molecule is CC(C)S(=O)(=O)c1ccc(C(=O)N[C@H]2CCCc3ccccc32)cc1. The molecule has 1 amide bonds. The molecule has 0 radical (unpaired) electrons. The minimum absolute atomic E-state index is 0.0107. The molecule has 0 fully saturated rings. The molecule has 2 aromatic carbocycles. The van der Waals surface area contributed by atoms with Gasteiger partial charge in [-0.3, -0.25) is 4.79 Å². The molecule has 1 N–H and O–H groups in total. The summed E-state index contributed by atoms with van der Waals surface area (Å²) in [5.41, 5.74) is 2.95. The van der Waals surface area contributed by atoms with Crippen LogP contribution in [0, 0.1) is 0 Å². The maximum absolute atomic E-state index is 12.6. The zero-order valence-corrected chi connectivity index (χ0v) is 15.3. The molecule has 4 nitrogen and oxygen atoms in total. The summed E-state index contributed by atoms with van der Waals surface area (Å²) in [4.78, 5) is 12.8. The highest BCUT2D eigenvalue weighted by molar-refractivity contribution is 7.92. The van der Waals surface area contributed by atoms with Gasteiger partial charge in [0.05, 0.1) is 16.2 Å². The first-order valence-corrected chi connectivity index (χ1v) is 10.2. The quantitative estimate of drug-likeness (QED) is 0.908. The maximum atomic E-state index is 12.6. The van der Waals surface area contributed by atoms with E-state index in [4.69, 9.17) is 0 Å². The van der Waals surface area contributed by atoms with Crippen molar-refractivity contribution in [3.8, 4) is 0 Å². The summed E-state index contributed by atoms with van der Waals surface area (Å²) in [7, 11) is -3.32. The molecule has 0 aromatic heterocycles. The van der Waals surface area contributed by atoms with Gasteiger partial charge >= 0.3 is 0 Å². The van der Waals surface area contributed by atoms with Crippen molar-refractivity contribution < 1.29 is 13.2 Å². The van der Waals surface area contributed by atoms with Crippen molar-refractivity contribution >= 4 is 15.7 Å². The van der Waals surface area contributed by atoms with Crippen LogP contribution in [0.1, 0.15) is 54.2 Å². The third kappa shape index (κ3) is 3.61. The summed E-state index contributed by atoms with van der Waals surface area (Å²) >= 11 is 0. The molecule has 1 aliphatic rings. The molecule has 0 saturated carbocycles. The second kappa shape index (κ2) is 7.00. The highest BCUT2D eigenvalue weighted by Gasteiger charge is 2.23. The first-order chi connectivity index (χ1) is 11.9. The summed E-state index contributed by atoms with van der Waals surface area (Å²) in [5, 5.41) is 2.60. The number of benzene rings is 2. The van der Waals surface area contributed by atoms with Gasteiger partial charge in [-0.25, -0.2) is 8.42 Å². The Bertz CT molecular complexity index is 870. The number of fused-ring (bicyclic) bond motifs is 1. The van der Waals surface area contributed by atoms with E-state index in [-0.39, 0.29) is 16.8 Å². The summed E-state index contributed by atoms with van der Waals surface area (Å²) in [6.07, 6.45) is 3.01. The highest BCUT2D eigenvalue weighted by atomic mass is 32.2. The molecule has 1 aliphatic carbocycles. The zero-order valence-electron chi connectivity index (χ0n) is 14.5. The third-order valence-corrected chi connectivity index (χ3v) is 6.91. The predicted molar refractivity (Wildman–Crippen MR) is 98.4 cm³/mol.